The molecule has 3 aromatic heterocycles. The number of nitrogens with zero attached hydrogens (tertiary/aromatic N) is 2. The van der Waals surface area contributed by atoms with Gasteiger partial charge in [0.25, 0.3) is 5.91 Å². The predicted molar refractivity (Wildman–Crippen MR) is 181 cm³/mol. The van der Waals surface area contributed by atoms with Crippen molar-refractivity contribution in [3.05, 3.63) is 90.0 Å². The number of fused-ring (bicyclic) bond motifs is 6. The van der Waals surface area contributed by atoms with Crippen LogP contribution in [0, 0.1) is 11.6 Å². The smallest absolute Gasteiger partial charge is 0.309 e. The van der Waals surface area contributed by atoms with Gasteiger partial charge in [0.1, 0.15) is 34.8 Å². The fraction of sp³-hybridized carbons (Fsp3) is 0.171. The van der Waals surface area contributed by atoms with Gasteiger partial charge < -0.3 is 24.4 Å². The summed E-state index contributed by atoms with van der Waals surface area (Å²) in [5.41, 5.74) is 3.64. The third-order valence-electron chi connectivity index (χ3n) is 8.50. The van der Waals surface area contributed by atoms with Gasteiger partial charge in [0.15, 0.2) is 0 Å². The Morgan fingerprint density at radius 3 is 2.53 bits per heavy atom. The molecule has 1 aliphatic rings. The first-order valence-corrected chi connectivity index (χ1v) is 16.9. The van der Waals surface area contributed by atoms with E-state index < -0.39 is 39.7 Å². The maximum Gasteiger partial charge on any atom is 0.309 e. The van der Waals surface area contributed by atoms with Gasteiger partial charge in [-0.2, -0.15) is 0 Å². The molecule has 11 nitrogen and oxygen atoms in total. The number of carbonyl (C=O) groups excluding carboxylic acids is 2. The van der Waals surface area contributed by atoms with E-state index >= 15 is 4.39 Å². The van der Waals surface area contributed by atoms with Crippen molar-refractivity contribution in [2.24, 2.45) is 0 Å². The van der Waals surface area contributed by atoms with Crippen LogP contribution in [0.5, 0.6) is 0 Å². The van der Waals surface area contributed by atoms with Crippen LogP contribution in [-0.4, -0.2) is 49.8 Å². The standard InChI is InChI=1S/C35H29F2N5O6S/c1-4-49(45,46)41-26-16-29-22(32(35(44)38-2)34(48-29)18-8-10-19(36)11-9-18)14-21(26)24-12-13-25-33(40-24)28-15-20-23(37)6-5-7-27(20)42(28)30(39-25)17-31(43)47-3/h5-16,30,39,41H,4,17H2,1-3H3,(H,38,44). The summed E-state index contributed by atoms with van der Waals surface area (Å²) in [5, 5.41) is 6.62. The van der Waals surface area contributed by atoms with Gasteiger partial charge >= 0.3 is 5.97 Å². The van der Waals surface area contributed by atoms with Crippen LogP contribution < -0.4 is 15.4 Å². The molecule has 14 heteroatoms. The number of furan rings is 1. The quantitative estimate of drug-likeness (QED) is 0.151. The number of rotatable bonds is 8. The molecule has 4 heterocycles. The number of hydrogen-bond acceptors (Lipinski definition) is 8. The van der Waals surface area contributed by atoms with Crippen LogP contribution in [0.2, 0.25) is 0 Å². The minimum Gasteiger partial charge on any atom is -0.469 e. The Hall–Kier alpha value is -5.76. The molecule has 6 aromatic rings. The van der Waals surface area contributed by atoms with Crippen molar-refractivity contribution >= 4 is 55.1 Å². The van der Waals surface area contributed by atoms with Gasteiger partial charge in [0.2, 0.25) is 10.0 Å². The van der Waals surface area contributed by atoms with Gasteiger partial charge in [-0.15, -0.1) is 0 Å². The van der Waals surface area contributed by atoms with Crippen LogP contribution in [0.3, 0.4) is 0 Å². The molecular weight excluding hydrogens is 656 g/mol. The molecule has 1 aliphatic heterocycles. The van der Waals surface area contributed by atoms with Gasteiger partial charge in [-0.05, 0) is 67.6 Å². The van der Waals surface area contributed by atoms with E-state index in [1.807, 2.05) is 0 Å². The number of aromatic nitrogens is 2. The van der Waals surface area contributed by atoms with Gasteiger partial charge in [0.05, 0.1) is 53.1 Å². The number of amides is 1. The predicted octanol–water partition coefficient (Wildman–Crippen LogP) is 6.67. The van der Waals surface area contributed by atoms with Gasteiger partial charge in [0, 0.05) is 35.0 Å². The number of halogens is 2. The summed E-state index contributed by atoms with van der Waals surface area (Å²) < 4.78 is 70.1. The van der Waals surface area contributed by atoms with Crippen molar-refractivity contribution in [3.63, 3.8) is 0 Å². The molecule has 0 saturated heterocycles. The summed E-state index contributed by atoms with van der Waals surface area (Å²) in [6.45, 7) is 1.50. The molecule has 0 saturated carbocycles. The maximum absolute atomic E-state index is 15.0. The first kappa shape index (κ1) is 31.8. The van der Waals surface area contributed by atoms with Crippen LogP contribution in [0.15, 0.2) is 77.2 Å². The molecule has 250 valence electrons. The molecule has 0 spiro atoms. The summed E-state index contributed by atoms with van der Waals surface area (Å²) in [7, 11) is -1.05. The van der Waals surface area contributed by atoms with Gasteiger partial charge in [-0.25, -0.2) is 22.2 Å². The molecule has 0 radical (unpaired) electrons. The molecule has 1 atom stereocenters. The fourth-order valence-corrected chi connectivity index (χ4v) is 6.76. The second-order valence-electron chi connectivity index (χ2n) is 11.4. The number of ether oxygens (including phenoxy) is 1. The fourth-order valence-electron chi connectivity index (χ4n) is 6.12. The van der Waals surface area contributed by atoms with Gasteiger partial charge in [-0.1, -0.05) is 6.07 Å². The number of carbonyl (C=O) groups is 2. The zero-order chi connectivity index (χ0) is 34.6. The van der Waals surface area contributed by atoms with E-state index in [1.165, 1.54) is 57.5 Å². The second kappa shape index (κ2) is 12.0. The first-order valence-electron chi connectivity index (χ1n) is 15.3. The molecule has 3 N–H and O–H groups in total. The van der Waals surface area contributed by atoms with Crippen molar-refractivity contribution in [1.29, 1.82) is 0 Å². The number of pyridine rings is 1. The highest BCUT2D eigenvalue weighted by molar-refractivity contribution is 7.92. The van der Waals surface area contributed by atoms with E-state index in [0.717, 1.165) is 0 Å². The van der Waals surface area contributed by atoms with Crippen LogP contribution in [0.4, 0.5) is 20.2 Å². The molecule has 3 aromatic carbocycles. The molecular formula is C35H29F2N5O6S. The zero-order valence-electron chi connectivity index (χ0n) is 26.4. The number of sulfonamides is 1. The minimum absolute atomic E-state index is 0.0518. The molecule has 1 amide bonds. The molecule has 0 fully saturated rings. The Morgan fingerprint density at radius 2 is 1.82 bits per heavy atom. The number of methoxy groups -OCH3 is 1. The van der Waals surface area contributed by atoms with E-state index in [9.17, 15) is 22.4 Å². The second-order valence-corrected chi connectivity index (χ2v) is 13.4. The van der Waals surface area contributed by atoms with Crippen molar-refractivity contribution < 1.29 is 35.9 Å². The SMILES string of the molecule is CCS(=O)(=O)Nc1cc2oc(-c3ccc(F)cc3)c(C(=O)NC)c2cc1-c1ccc2c(n1)-c1cc3c(F)cccc3n1C(CC(=O)OC)N2. The van der Waals surface area contributed by atoms with Crippen molar-refractivity contribution in [2.75, 3.05) is 29.9 Å². The van der Waals surface area contributed by atoms with Crippen LogP contribution in [0.25, 0.3) is 55.8 Å². The zero-order valence-corrected chi connectivity index (χ0v) is 27.2. The van der Waals surface area contributed by atoms with E-state index in [4.69, 9.17) is 14.1 Å². The maximum atomic E-state index is 15.0. The number of nitrogens with one attached hydrogen (secondary N) is 3. The minimum atomic E-state index is -3.80. The highest BCUT2D eigenvalue weighted by Crippen LogP contribution is 2.44. The number of benzene rings is 3. The van der Waals surface area contributed by atoms with E-state index in [1.54, 1.807) is 41.0 Å². The van der Waals surface area contributed by atoms with Crippen molar-refractivity contribution in [3.8, 4) is 34.0 Å². The average molecular weight is 686 g/mol. The van der Waals surface area contributed by atoms with Crippen LogP contribution in [0.1, 0.15) is 29.9 Å². The number of anilines is 2. The van der Waals surface area contributed by atoms with Gasteiger partial charge in [-0.3, -0.25) is 14.3 Å². The lowest BCUT2D eigenvalue weighted by molar-refractivity contribution is -0.141. The lowest BCUT2D eigenvalue weighted by Crippen LogP contribution is -2.26. The Kier molecular flexibility index (Phi) is 7.82. The Labute approximate surface area is 278 Å². The molecule has 7 rings (SSSR count). The largest absolute Gasteiger partial charge is 0.469 e. The van der Waals surface area contributed by atoms with E-state index in [0.29, 0.717) is 50.2 Å². The van der Waals surface area contributed by atoms with E-state index in [2.05, 4.69) is 15.4 Å². The lowest BCUT2D eigenvalue weighted by atomic mass is 10.0. The number of hydrogen-bond donors (Lipinski definition) is 3. The van der Waals surface area contributed by atoms with Crippen LogP contribution >= 0.6 is 0 Å². The Bertz CT molecular complexity index is 2420. The molecule has 0 aliphatic carbocycles. The third-order valence-corrected chi connectivity index (χ3v) is 9.79. The third kappa shape index (κ3) is 5.53. The molecule has 49 heavy (non-hydrogen) atoms. The van der Waals surface area contributed by atoms with Crippen LogP contribution in [-0.2, 0) is 19.6 Å². The molecule has 1 unspecified atom stereocenters. The summed E-state index contributed by atoms with van der Waals surface area (Å²) in [5.74, 6) is -1.91. The highest BCUT2D eigenvalue weighted by Gasteiger charge is 2.31. The Morgan fingerprint density at radius 1 is 1.04 bits per heavy atom. The summed E-state index contributed by atoms with van der Waals surface area (Å²) >= 11 is 0. The van der Waals surface area contributed by atoms with Crippen molar-refractivity contribution in [2.45, 2.75) is 19.5 Å². The summed E-state index contributed by atoms with van der Waals surface area (Å²) in [6, 6.07) is 18.3. The highest BCUT2D eigenvalue weighted by atomic mass is 32.2. The Balaban J connectivity index is 1.46. The average Bonchev–Trinajstić information content (AvgIpc) is 3.68. The lowest BCUT2D eigenvalue weighted by Gasteiger charge is -2.30. The number of esters is 1. The van der Waals surface area contributed by atoms with E-state index in [-0.39, 0.29) is 34.8 Å². The molecule has 0 bridgehead atoms. The normalized spacial score (nSPS) is 13.9. The topological polar surface area (TPSA) is 145 Å². The summed E-state index contributed by atoms with van der Waals surface area (Å²) in [4.78, 5) is 30.6. The first-order chi connectivity index (χ1) is 23.5. The summed E-state index contributed by atoms with van der Waals surface area (Å²) in [6.07, 6.45) is -0.667. The van der Waals surface area contributed by atoms with Crippen molar-refractivity contribution in [1.82, 2.24) is 14.9 Å². The monoisotopic (exact) mass is 685 g/mol.